The highest BCUT2D eigenvalue weighted by Crippen LogP contribution is 2.14. The third kappa shape index (κ3) is 6.19. The van der Waals surface area contributed by atoms with E-state index < -0.39 is 6.09 Å². The first-order chi connectivity index (χ1) is 9.65. The van der Waals surface area contributed by atoms with E-state index in [0.29, 0.717) is 37.2 Å². The zero-order valence-electron chi connectivity index (χ0n) is 11.5. The third-order valence-electron chi connectivity index (χ3n) is 2.50. The highest BCUT2D eigenvalue weighted by molar-refractivity contribution is 5.91. The lowest BCUT2D eigenvalue weighted by atomic mass is 10.2. The van der Waals surface area contributed by atoms with Crippen LogP contribution in [0.25, 0.3) is 0 Å². The Hall–Kier alpha value is -2.08. The van der Waals surface area contributed by atoms with Crippen LogP contribution in [0.15, 0.2) is 24.3 Å². The van der Waals surface area contributed by atoms with Gasteiger partial charge in [-0.2, -0.15) is 0 Å². The molecule has 0 saturated carbocycles. The molecule has 0 heterocycles. The largest absolute Gasteiger partial charge is 0.450 e. The zero-order valence-corrected chi connectivity index (χ0v) is 11.5. The molecule has 6 nitrogen and oxygen atoms in total. The van der Waals surface area contributed by atoms with E-state index in [4.69, 9.17) is 9.84 Å². The number of nitrogens with one attached hydrogen (secondary N) is 2. The summed E-state index contributed by atoms with van der Waals surface area (Å²) in [6.07, 6.45) is 1.15. The molecule has 0 atom stereocenters. The van der Waals surface area contributed by atoms with E-state index in [2.05, 4.69) is 10.6 Å². The molecule has 6 heteroatoms. The summed E-state index contributed by atoms with van der Waals surface area (Å²) >= 11 is 0. The first-order valence-electron chi connectivity index (χ1n) is 6.60. The van der Waals surface area contributed by atoms with Gasteiger partial charge in [0.1, 0.15) is 0 Å². The number of amides is 2. The van der Waals surface area contributed by atoms with Crippen LogP contribution in [-0.4, -0.2) is 30.3 Å². The standard InChI is InChI=1S/C14H20N2O4/c1-2-20-14(19)16-12-8-6-11(7-9-12)15-13(18)5-3-4-10-17/h6-9,17H,2-5,10H2,1H3,(H,15,18)(H,16,19). The van der Waals surface area contributed by atoms with Crippen molar-refractivity contribution in [3.8, 4) is 0 Å². The second-order valence-electron chi connectivity index (χ2n) is 4.15. The predicted octanol–water partition coefficient (Wildman–Crippen LogP) is 2.36. The first kappa shape index (κ1) is 16.0. The first-order valence-corrected chi connectivity index (χ1v) is 6.60. The van der Waals surface area contributed by atoms with Crippen LogP contribution < -0.4 is 10.6 Å². The van der Waals surface area contributed by atoms with Gasteiger partial charge >= 0.3 is 6.09 Å². The van der Waals surface area contributed by atoms with E-state index in [0.717, 1.165) is 0 Å². The van der Waals surface area contributed by atoms with Crippen molar-refractivity contribution >= 4 is 23.4 Å². The molecule has 0 bridgehead atoms. The van der Waals surface area contributed by atoms with Crippen molar-refractivity contribution in [1.82, 2.24) is 0 Å². The van der Waals surface area contributed by atoms with Crippen molar-refractivity contribution in [3.63, 3.8) is 0 Å². The lowest BCUT2D eigenvalue weighted by Gasteiger charge is -2.07. The summed E-state index contributed by atoms with van der Waals surface area (Å²) in [6.45, 7) is 2.14. The molecular formula is C14H20N2O4. The molecule has 1 aromatic carbocycles. The minimum Gasteiger partial charge on any atom is -0.450 e. The number of benzene rings is 1. The van der Waals surface area contributed by atoms with Crippen molar-refractivity contribution in [2.24, 2.45) is 0 Å². The number of aliphatic hydroxyl groups excluding tert-OH is 1. The van der Waals surface area contributed by atoms with E-state index >= 15 is 0 Å². The Morgan fingerprint density at radius 1 is 1.10 bits per heavy atom. The van der Waals surface area contributed by atoms with Gasteiger partial charge in [0.2, 0.25) is 5.91 Å². The number of carbonyl (C=O) groups is 2. The normalized spacial score (nSPS) is 9.90. The molecule has 0 unspecified atom stereocenters. The average Bonchev–Trinajstić information content (AvgIpc) is 2.41. The number of hydrogen-bond donors (Lipinski definition) is 3. The summed E-state index contributed by atoms with van der Waals surface area (Å²) in [5, 5.41) is 13.9. The van der Waals surface area contributed by atoms with Crippen LogP contribution >= 0.6 is 0 Å². The monoisotopic (exact) mass is 280 g/mol. The number of ether oxygens (including phenoxy) is 1. The van der Waals surface area contributed by atoms with E-state index in [1.54, 1.807) is 31.2 Å². The van der Waals surface area contributed by atoms with Crippen molar-refractivity contribution < 1.29 is 19.4 Å². The van der Waals surface area contributed by atoms with Gasteiger partial charge in [0.15, 0.2) is 0 Å². The van der Waals surface area contributed by atoms with Crippen LogP contribution in [0.5, 0.6) is 0 Å². The van der Waals surface area contributed by atoms with Gasteiger partial charge in [-0.1, -0.05) is 0 Å². The molecule has 0 saturated heterocycles. The Morgan fingerprint density at radius 3 is 2.25 bits per heavy atom. The maximum Gasteiger partial charge on any atom is 0.411 e. The summed E-state index contributed by atoms with van der Waals surface area (Å²) in [4.78, 5) is 22.8. The number of carbonyl (C=O) groups excluding carboxylic acids is 2. The summed E-state index contributed by atoms with van der Waals surface area (Å²) < 4.78 is 4.76. The number of aliphatic hydroxyl groups is 1. The predicted molar refractivity (Wildman–Crippen MR) is 76.7 cm³/mol. The fraction of sp³-hybridized carbons (Fsp3) is 0.429. The minimum atomic E-state index is -0.506. The van der Waals surface area contributed by atoms with E-state index in [-0.39, 0.29) is 12.5 Å². The van der Waals surface area contributed by atoms with Gasteiger partial charge in [-0.15, -0.1) is 0 Å². The van der Waals surface area contributed by atoms with Crippen LogP contribution in [0.2, 0.25) is 0 Å². The SMILES string of the molecule is CCOC(=O)Nc1ccc(NC(=O)CCCCO)cc1. The molecule has 2 amide bonds. The number of anilines is 2. The number of rotatable bonds is 7. The molecule has 0 radical (unpaired) electrons. The summed E-state index contributed by atoms with van der Waals surface area (Å²) in [5.74, 6) is -0.0930. The van der Waals surface area contributed by atoms with E-state index in [1.165, 1.54) is 0 Å². The lowest BCUT2D eigenvalue weighted by Crippen LogP contribution is -2.14. The van der Waals surface area contributed by atoms with Crippen LogP contribution in [0, 0.1) is 0 Å². The molecule has 0 aliphatic carbocycles. The Morgan fingerprint density at radius 2 is 1.70 bits per heavy atom. The molecule has 1 rings (SSSR count). The Labute approximate surface area is 118 Å². The summed E-state index contributed by atoms with van der Waals surface area (Å²) in [7, 11) is 0. The Bertz CT molecular complexity index is 431. The fourth-order valence-corrected chi connectivity index (χ4v) is 1.54. The average molecular weight is 280 g/mol. The molecule has 110 valence electrons. The molecular weight excluding hydrogens is 260 g/mol. The van der Waals surface area contributed by atoms with Crippen LogP contribution in [0.4, 0.5) is 16.2 Å². The smallest absolute Gasteiger partial charge is 0.411 e. The molecule has 0 spiro atoms. The van der Waals surface area contributed by atoms with Gasteiger partial charge in [0.05, 0.1) is 6.61 Å². The van der Waals surface area contributed by atoms with Crippen LogP contribution in [-0.2, 0) is 9.53 Å². The van der Waals surface area contributed by atoms with E-state index in [1.807, 2.05) is 0 Å². The molecule has 0 aliphatic rings. The molecule has 3 N–H and O–H groups in total. The maximum atomic E-state index is 11.6. The quantitative estimate of drug-likeness (QED) is 0.669. The van der Waals surface area contributed by atoms with Gasteiger partial charge in [0.25, 0.3) is 0 Å². The van der Waals surface area contributed by atoms with Crippen LogP contribution in [0.1, 0.15) is 26.2 Å². The number of unbranched alkanes of at least 4 members (excludes halogenated alkanes) is 1. The van der Waals surface area contributed by atoms with Gasteiger partial charge in [-0.3, -0.25) is 10.1 Å². The lowest BCUT2D eigenvalue weighted by molar-refractivity contribution is -0.116. The van der Waals surface area contributed by atoms with Gasteiger partial charge in [0, 0.05) is 24.4 Å². The van der Waals surface area contributed by atoms with Crippen molar-refractivity contribution in [2.75, 3.05) is 23.8 Å². The Kier molecular flexibility index (Phi) is 7.13. The molecule has 0 aliphatic heterocycles. The van der Waals surface area contributed by atoms with Gasteiger partial charge in [-0.05, 0) is 44.0 Å². The molecule has 0 aromatic heterocycles. The molecule has 0 fully saturated rings. The number of hydrogen-bond acceptors (Lipinski definition) is 4. The molecule has 20 heavy (non-hydrogen) atoms. The second-order valence-corrected chi connectivity index (χ2v) is 4.15. The summed E-state index contributed by atoms with van der Waals surface area (Å²) in [6, 6.07) is 6.76. The molecule has 1 aromatic rings. The van der Waals surface area contributed by atoms with E-state index in [9.17, 15) is 9.59 Å². The Balaban J connectivity index is 2.42. The summed E-state index contributed by atoms with van der Waals surface area (Å²) in [5.41, 5.74) is 1.26. The van der Waals surface area contributed by atoms with Gasteiger partial charge < -0.3 is 15.2 Å². The topological polar surface area (TPSA) is 87.7 Å². The zero-order chi connectivity index (χ0) is 14.8. The van der Waals surface area contributed by atoms with Crippen molar-refractivity contribution in [1.29, 1.82) is 0 Å². The highest BCUT2D eigenvalue weighted by Gasteiger charge is 2.04. The second kappa shape index (κ2) is 8.92. The van der Waals surface area contributed by atoms with Gasteiger partial charge in [-0.25, -0.2) is 4.79 Å². The van der Waals surface area contributed by atoms with Crippen LogP contribution in [0.3, 0.4) is 0 Å². The van der Waals surface area contributed by atoms with Crippen molar-refractivity contribution in [2.45, 2.75) is 26.2 Å². The maximum absolute atomic E-state index is 11.6. The van der Waals surface area contributed by atoms with Crippen molar-refractivity contribution in [3.05, 3.63) is 24.3 Å². The highest BCUT2D eigenvalue weighted by atomic mass is 16.5. The minimum absolute atomic E-state index is 0.0930. The fourth-order valence-electron chi connectivity index (χ4n) is 1.54. The third-order valence-corrected chi connectivity index (χ3v) is 2.50.